The minimum atomic E-state index is 0.329. The molecule has 0 bridgehead atoms. The Labute approximate surface area is 124 Å². The van der Waals surface area contributed by atoms with E-state index in [2.05, 4.69) is 24.1 Å². The highest BCUT2D eigenvalue weighted by Crippen LogP contribution is 2.28. The van der Waals surface area contributed by atoms with Crippen molar-refractivity contribution < 1.29 is 4.79 Å². The van der Waals surface area contributed by atoms with Crippen molar-refractivity contribution in [2.45, 2.75) is 83.7 Å². The Kier molecular flexibility index (Phi) is 6.34. The topological polar surface area (TPSA) is 32.3 Å². The fourth-order valence-corrected chi connectivity index (χ4v) is 3.69. The van der Waals surface area contributed by atoms with Crippen molar-refractivity contribution in [3.8, 4) is 0 Å². The van der Waals surface area contributed by atoms with E-state index in [-0.39, 0.29) is 0 Å². The fraction of sp³-hybridized carbons (Fsp3) is 0.941. The molecule has 1 N–H and O–H groups in total. The van der Waals surface area contributed by atoms with E-state index >= 15 is 0 Å². The van der Waals surface area contributed by atoms with E-state index in [1.165, 1.54) is 44.9 Å². The van der Waals surface area contributed by atoms with Crippen molar-refractivity contribution in [3.05, 3.63) is 0 Å². The maximum Gasteiger partial charge on any atom is 0.222 e. The predicted molar refractivity (Wildman–Crippen MR) is 83.7 cm³/mol. The van der Waals surface area contributed by atoms with Crippen LogP contribution in [-0.4, -0.2) is 36.0 Å². The van der Waals surface area contributed by atoms with Gasteiger partial charge in [0.1, 0.15) is 0 Å². The molecule has 2 fully saturated rings. The second-order valence-corrected chi connectivity index (χ2v) is 6.98. The number of nitrogens with zero attached hydrogens (tertiary/aromatic N) is 1. The van der Waals surface area contributed by atoms with Crippen LogP contribution in [0.25, 0.3) is 0 Å². The van der Waals surface area contributed by atoms with Gasteiger partial charge in [0.15, 0.2) is 0 Å². The first-order valence-electron chi connectivity index (χ1n) is 8.69. The Balaban J connectivity index is 1.78. The van der Waals surface area contributed by atoms with E-state index in [9.17, 15) is 4.79 Å². The van der Waals surface area contributed by atoms with Crippen molar-refractivity contribution in [1.82, 2.24) is 10.2 Å². The average molecular weight is 280 g/mol. The van der Waals surface area contributed by atoms with Crippen LogP contribution < -0.4 is 5.32 Å². The summed E-state index contributed by atoms with van der Waals surface area (Å²) in [5.74, 6) is 1.19. The zero-order valence-electron chi connectivity index (χ0n) is 13.4. The van der Waals surface area contributed by atoms with Gasteiger partial charge in [0.05, 0.1) is 0 Å². The zero-order chi connectivity index (χ0) is 14.4. The quantitative estimate of drug-likeness (QED) is 0.809. The van der Waals surface area contributed by atoms with Gasteiger partial charge >= 0.3 is 0 Å². The molecule has 1 atom stereocenters. The number of rotatable bonds is 6. The van der Waals surface area contributed by atoms with Gasteiger partial charge in [0.25, 0.3) is 0 Å². The lowest BCUT2D eigenvalue weighted by Crippen LogP contribution is -2.48. The lowest BCUT2D eigenvalue weighted by Gasteiger charge is -2.33. The van der Waals surface area contributed by atoms with E-state index in [1.807, 2.05) is 0 Å². The minimum absolute atomic E-state index is 0.329. The summed E-state index contributed by atoms with van der Waals surface area (Å²) in [7, 11) is 0. The van der Waals surface area contributed by atoms with Gasteiger partial charge in [0, 0.05) is 25.0 Å². The smallest absolute Gasteiger partial charge is 0.222 e. The van der Waals surface area contributed by atoms with Crippen LogP contribution in [0.2, 0.25) is 0 Å². The van der Waals surface area contributed by atoms with Crippen LogP contribution in [0.3, 0.4) is 0 Å². The number of amides is 1. The molecule has 0 aromatic rings. The first kappa shape index (κ1) is 15.8. The molecular formula is C17H32N2O. The summed E-state index contributed by atoms with van der Waals surface area (Å²) in [6, 6.07) is 0.844. The molecule has 1 aliphatic carbocycles. The van der Waals surface area contributed by atoms with Crippen molar-refractivity contribution >= 4 is 5.91 Å². The summed E-state index contributed by atoms with van der Waals surface area (Å²) < 4.78 is 0. The van der Waals surface area contributed by atoms with Gasteiger partial charge in [-0.1, -0.05) is 32.1 Å². The fourth-order valence-electron chi connectivity index (χ4n) is 3.69. The van der Waals surface area contributed by atoms with E-state index < -0.39 is 0 Å². The molecule has 2 rings (SSSR count). The molecule has 1 aliphatic heterocycles. The van der Waals surface area contributed by atoms with Gasteiger partial charge in [-0.2, -0.15) is 0 Å². The number of carbonyl (C=O) groups is 1. The summed E-state index contributed by atoms with van der Waals surface area (Å²) in [5, 5.41) is 3.56. The minimum Gasteiger partial charge on any atom is -0.339 e. The number of nitrogens with one attached hydrogen (secondary N) is 1. The van der Waals surface area contributed by atoms with E-state index in [0.29, 0.717) is 18.0 Å². The lowest BCUT2D eigenvalue weighted by atomic mass is 10.0. The Morgan fingerprint density at radius 2 is 1.85 bits per heavy atom. The molecule has 0 aromatic carbocycles. The Bertz CT molecular complexity index is 291. The molecule has 20 heavy (non-hydrogen) atoms. The summed E-state index contributed by atoms with van der Waals surface area (Å²) in [6.45, 7) is 6.32. The molecule has 1 saturated carbocycles. The first-order valence-corrected chi connectivity index (χ1v) is 8.69. The Morgan fingerprint density at radius 1 is 1.15 bits per heavy atom. The maximum absolute atomic E-state index is 12.5. The largest absolute Gasteiger partial charge is 0.339 e. The van der Waals surface area contributed by atoms with Crippen LogP contribution in [0.1, 0.15) is 71.6 Å². The van der Waals surface area contributed by atoms with E-state index in [1.54, 1.807) is 0 Å². The highest BCUT2D eigenvalue weighted by atomic mass is 16.2. The van der Waals surface area contributed by atoms with Crippen LogP contribution >= 0.6 is 0 Å². The standard InChI is InChI=1S/C17H32N2O/c1-14(2)19(13-16-9-5-6-12-18-16)17(20)11-10-15-7-3-4-8-15/h14-16,18H,3-13H2,1-2H3. The molecule has 1 amide bonds. The predicted octanol–water partition coefficient (Wildman–Crippen LogP) is 3.34. The molecule has 0 spiro atoms. The molecule has 2 aliphatic rings. The third kappa shape index (κ3) is 4.76. The summed E-state index contributed by atoms with van der Waals surface area (Å²) in [6.07, 6.45) is 11.1. The zero-order valence-corrected chi connectivity index (χ0v) is 13.4. The molecule has 1 unspecified atom stereocenters. The van der Waals surface area contributed by atoms with Crippen LogP contribution in [0.5, 0.6) is 0 Å². The molecule has 3 heteroatoms. The van der Waals surface area contributed by atoms with E-state index in [0.717, 1.165) is 31.8 Å². The summed E-state index contributed by atoms with van der Waals surface area (Å²) in [5.41, 5.74) is 0. The van der Waals surface area contributed by atoms with E-state index in [4.69, 9.17) is 0 Å². The van der Waals surface area contributed by atoms with Crippen LogP contribution in [0.15, 0.2) is 0 Å². The maximum atomic E-state index is 12.5. The second kappa shape index (κ2) is 8.02. The number of hydrogen-bond acceptors (Lipinski definition) is 2. The highest BCUT2D eigenvalue weighted by Gasteiger charge is 2.24. The van der Waals surface area contributed by atoms with Gasteiger partial charge in [-0.05, 0) is 45.6 Å². The van der Waals surface area contributed by atoms with Crippen LogP contribution in [-0.2, 0) is 4.79 Å². The lowest BCUT2D eigenvalue weighted by molar-refractivity contribution is -0.133. The number of piperidine rings is 1. The average Bonchev–Trinajstić information content (AvgIpc) is 2.96. The van der Waals surface area contributed by atoms with Gasteiger partial charge < -0.3 is 10.2 Å². The monoisotopic (exact) mass is 280 g/mol. The number of carbonyl (C=O) groups excluding carboxylic acids is 1. The van der Waals surface area contributed by atoms with Crippen LogP contribution in [0, 0.1) is 5.92 Å². The molecule has 1 saturated heterocycles. The molecule has 0 radical (unpaired) electrons. The van der Waals surface area contributed by atoms with Gasteiger partial charge in [-0.3, -0.25) is 4.79 Å². The molecule has 0 aromatic heterocycles. The van der Waals surface area contributed by atoms with Crippen molar-refractivity contribution in [2.24, 2.45) is 5.92 Å². The van der Waals surface area contributed by atoms with Crippen molar-refractivity contribution in [2.75, 3.05) is 13.1 Å². The number of hydrogen-bond donors (Lipinski definition) is 1. The highest BCUT2D eigenvalue weighted by molar-refractivity contribution is 5.76. The Morgan fingerprint density at radius 3 is 2.45 bits per heavy atom. The third-order valence-electron chi connectivity index (χ3n) is 5.01. The summed E-state index contributed by atoms with van der Waals surface area (Å²) >= 11 is 0. The van der Waals surface area contributed by atoms with Crippen LogP contribution in [0.4, 0.5) is 0 Å². The summed E-state index contributed by atoms with van der Waals surface area (Å²) in [4.78, 5) is 14.6. The second-order valence-electron chi connectivity index (χ2n) is 6.98. The molecule has 116 valence electrons. The molecular weight excluding hydrogens is 248 g/mol. The van der Waals surface area contributed by atoms with Gasteiger partial charge in [-0.15, -0.1) is 0 Å². The third-order valence-corrected chi connectivity index (χ3v) is 5.01. The first-order chi connectivity index (χ1) is 9.66. The normalized spacial score (nSPS) is 24.2. The molecule has 3 nitrogen and oxygen atoms in total. The van der Waals surface area contributed by atoms with Crippen molar-refractivity contribution in [3.63, 3.8) is 0 Å². The van der Waals surface area contributed by atoms with Gasteiger partial charge in [0.2, 0.25) is 5.91 Å². The molecule has 1 heterocycles. The van der Waals surface area contributed by atoms with Gasteiger partial charge in [-0.25, -0.2) is 0 Å². The SMILES string of the molecule is CC(C)N(CC1CCCCN1)C(=O)CCC1CCCC1. The van der Waals surface area contributed by atoms with Crippen molar-refractivity contribution in [1.29, 1.82) is 0 Å². The Hall–Kier alpha value is -0.570.